The topological polar surface area (TPSA) is 113 Å². The molecule has 0 aliphatic carbocycles. The molecule has 4 heterocycles. The van der Waals surface area contributed by atoms with E-state index in [9.17, 15) is 9.59 Å². The number of thiophene rings is 1. The molecule has 0 saturated carbocycles. The molecule has 0 spiro atoms. The lowest BCUT2D eigenvalue weighted by molar-refractivity contribution is 0.102. The Morgan fingerprint density at radius 3 is 2.82 bits per heavy atom. The summed E-state index contributed by atoms with van der Waals surface area (Å²) in [4.78, 5) is 36.7. The number of hydrogen-bond acceptors (Lipinski definition) is 7. The van der Waals surface area contributed by atoms with Gasteiger partial charge in [-0.15, -0.1) is 11.3 Å². The monoisotopic (exact) mass is 476 g/mol. The molecule has 4 aromatic rings. The quantitative estimate of drug-likeness (QED) is 0.370. The number of nitrogens with two attached hydrogens (primary N) is 1. The minimum atomic E-state index is -0.310. The predicted octanol–water partition coefficient (Wildman–Crippen LogP) is 4.69. The van der Waals surface area contributed by atoms with Crippen molar-refractivity contribution in [3.05, 3.63) is 75.1 Å². The average molecular weight is 477 g/mol. The van der Waals surface area contributed by atoms with Gasteiger partial charge in [-0.2, -0.15) is 11.3 Å². The zero-order chi connectivity index (χ0) is 22.8. The Hall–Kier alpha value is -3.76. The lowest BCUT2D eigenvalue weighted by Gasteiger charge is -2.26. The molecule has 0 unspecified atom stereocenters. The van der Waals surface area contributed by atoms with E-state index >= 15 is 0 Å². The smallest absolute Gasteiger partial charge is 0.322 e. The Morgan fingerprint density at radius 1 is 1.12 bits per heavy atom. The molecule has 4 N–H and O–H groups in total. The maximum Gasteiger partial charge on any atom is 0.322 e. The average Bonchev–Trinajstić information content (AvgIpc) is 3.51. The van der Waals surface area contributed by atoms with Crippen molar-refractivity contribution in [3.63, 3.8) is 0 Å². The van der Waals surface area contributed by atoms with E-state index in [1.54, 1.807) is 46.8 Å². The van der Waals surface area contributed by atoms with Crippen molar-refractivity contribution in [2.45, 2.75) is 13.0 Å². The first-order chi connectivity index (χ1) is 16.1. The van der Waals surface area contributed by atoms with Crippen LogP contribution in [0.5, 0.6) is 0 Å². The maximum atomic E-state index is 12.9. The van der Waals surface area contributed by atoms with Gasteiger partial charge < -0.3 is 21.3 Å². The Balaban J connectivity index is 1.28. The van der Waals surface area contributed by atoms with Crippen LogP contribution in [0, 0.1) is 0 Å². The highest BCUT2D eigenvalue weighted by Crippen LogP contribution is 2.30. The number of aromatic nitrogens is 2. The molecule has 166 valence electrons. The van der Waals surface area contributed by atoms with Gasteiger partial charge in [-0.05, 0) is 52.2 Å². The van der Waals surface area contributed by atoms with Gasteiger partial charge in [0.25, 0.3) is 5.91 Å². The summed E-state index contributed by atoms with van der Waals surface area (Å²) in [6.45, 7) is 0.932. The van der Waals surface area contributed by atoms with Gasteiger partial charge in [0.05, 0.1) is 35.5 Å². The fraction of sp³-hybridized carbons (Fsp3) is 0.130. The number of nitrogens with one attached hydrogen (secondary N) is 2. The predicted molar refractivity (Wildman–Crippen MR) is 132 cm³/mol. The molecule has 0 fully saturated rings. The summed E-state index contributed by atoms with van der Waals surface area (Å²) in [5, 5.41) is 10.1. The van der Waals surface area contributed by atoms with Gasteiger partial charge in [-0.25, -0.2) is 9.78 Å². The molecular weight excluding hydrogens is 456 g/mol. The van der Waals surface area contributed by atoms with E-state index in [2.05, 4.69) is 20.6 Å². The zero-order valence-corrected chi connectivity index (χ0v) is 19.1. The highest BCUT2D eigenvalue weighted by Gasteiger charge is 2.26. The molecule has 33 heavy (non-hydrogen) atoms. The van der Waals surface area contributed by atoms with Crippen molar-refractivity contribution in [2.24, 2.45) is 0 Å². The minimum absolute atomic E-state index is 0.203. The lowest BCUT2D eigenvalue weighted by Crippen LogP contribution is -2.38. The number of fused-ring (bicyclic) bond motifs is 1. The number of nitrogen functional groups attached to an aromatic ring is 1. The van der Waals surface area contributed by atoms with Crippen LogP contribution in [0.25, 0.3) is 11.1 Å². The molecule has 0 radical (unpaired) electrons. The van der Waals surface area contributed by atoms with Crippen LogP contribution in [0.1, 0.15) is 20.4 Å². The summed E-state index contributed by atoms with van der Waals surface area (Å²) < 4.78 is 0. The SMILES string of the molecule is Nc1ccc(-c2ccsc2)cc1NC(=O)c1nc2c(s1)CN(C(=O)Nc1cccnc1)CC2. The third kappa shape index (κ3) is 4.57. The number of carbonyl (C=O) groups is 2. The van der Waals surface area contributed by atoms with Crippen molar-refractivity contribution < 1.29 is 9.59 Å². The van der Waals surface area contributed by atoms with Crippen LogP contribution < -0.4 is 16.4 Å². The molecule has 10 heteroatoms. The Bertz CT molecular complexity index is 1300. The van der Waals surface area contributed by atoms with Crippen LogP contribution >= 0.6 is 22.7 Å². The first-order valence-corrected chi connectivity index (χ1v) is 12.0. The van der Waals surface area contributed by atoms with E-state index in [0.29, 0.717) is 41.6 Å². The first kappa shape index (κ1) is 21.1. The second-order valence-corrected chi connectivity index (χ2v) is 9.36. The van der Waals surface area contributed by atoms with E-state index < -0.39 is 0 Å². The molecule has 1 aliphatic heterocycles. The standard InChI is InChI=1S/C23H20N6O2S2/c24-17-4-3-14(15-6-9-32-13-15)10-19(17)27-21(30)22-28-18-5-8-29(12-20(18)33-22)23(31)26-16-2-1-7-25-11-16/h1-4,6-7,9-11,13H,5,8,12,24H2,(H,26,31)(H,27,30). The molecule has 8 nitrogen and oxygen atoms in total. The molecule has 1 aromatic carbocycles. The molecule has 3 aromatic heterocycles. The van der Waals surface area contributed by atoms with Crippen LogP contribution in [-0.2, 0) is 13.0 Å². The van der Waals surface area contributed by atoms with Crippen molar-refractivity contribution in [3.8, 4) is 11.1 Å². The van der Waals surface area contributed by atoms with Gasteiger partial charge in [-0.3, -0.25) is 9.78 Å². The minimum Gasteiger partial charge on any atom is -0.397 e. The lowest BCUT2D eigenvalue weighted by atomic mass is 10.1. The number of thiazole rings is 1. The van der Waals surface area contributed by atoms with Crippen molar-refractivity contribution in [2.75, 3.05) is 22.9 Å². The van der Waals surface area contributed by atoms with Crippen molar-refractivity contribution in [1.82, 2.24) is 14.9 Å². The summed E-state index contributed by atoms with van der Waals surface area (Å²) in [6.07, 6.45) is 3.84. The fourth-order valence-electron chi connectivity index (χ4n) is 3.55. The van der Waals surface area contributed by atoms with E-state index in [0.717, 1.165) is 21.7 Å². The highest BCUT2D eigenvalue weighted by molar-refractivity contribution is 7.13. The second-order valence-electron chi connectivity index (χ2n) is 7.50. The van der Waals surface area contributed by atoms with Gasteiger partial charge >= 0.3 is 6.03 Å². The number of nitrogens with zero attached hydrogens (tertiary/aromatic N) is 3. The molecule has 5 rings (SSSR count). The fourth-order valence-corrected chi connectivity index (χ4v) is 5.24. The first-order valence-electron chi connectivity index (χ1n) is 10.2. The van der Waals surface area contributed by atoms with Crippen LogP contribution in [0.3, 0.4) is 0 Å². The number of benzene rings is 1. The largest absolute Gasteiger partial charge is 0.397 e. The summed E-state index contributed by atoms with van der Waals surface area (Å²) in [6, 6.07) is 11.0. The summed E-state index contributed by atoms with van der Waals surface area (Å²) in [7, 11) is 0. The second kappa shape index (κ2) is 9.00. The van der Waals surface area contributed by atoms with Crippen molar-refractivity contribution >= 4 is 51.7 Å². The maximum absolute atomic E-state index is 12.9. The highest BCUT2D eigenvalue weighted by atomic mass is 32.1. The number of anilines is 3. The van der Waals surface area contributed by atoms with Gasteiger partial charge in [0.2, 0.25) is 0 Å². The number of rotatable bonds is 4. The molecule has 0 saturated heterocycles. The number of amides is 3. The van der Waals surface area contributed by atoms with Crippen LogP contribution in [-0.4, -0.2) is 33.4 Å². The Labute approximate surface area is 198 Å². The molecule has 3 amide bonds. The summed E-state index contributed by atoms with van der Waals surface area (Å²) in [5.74, 6) is -0.310. The van der Waals surface area contributed by atoms with E-state index in [1.165, 1.54) is 11.3 Å². The Morgan fingerprint density at radius 2 is 2.03 bits per heavy atom. The van der Waals surface area contributed by atoms with Gasteiger partial charge in [-0.1, -0.05) is 6.07 Å². The summed E-state index contributed by atoms with van der Waals surface area (Å²) >= 11 is 2.91. The molecule has 0 atom stereocenters. The van der Waals surface area contributed by atoms with E-state index in [-0.39, 0.29) is 11.9 Å². The van der Waals surface area contributed by atoms with Crippen molar-refractivity contribution in [1.29, 1.82) is 0 Å². The van der Waals surface area contributed by atoms with Crippen LogP contribution in [0.15, 0.2) is 59.6 Å². The Kier molecular flexibility index (Phi) is 5.76. The van der Waals surface area contributed by atoms with E-state index in [1.807, 2.05) is 29.0 Å². The number of pyridine rings is 1. The third-order valence-corrected chi connectivity index (χ3v) is 7.05. The number of carbonyl (C=O) groups excluding carboxylic acids is 2. The molecular formula is C23H20N6O2S2. The van der Waals surface area contributed by atoms with Gasteiger partial charge in [0, 0.05) is 24.0 Å². The summed E-state index contributed by atoms with van der Waals surface area (Å²) in [5.41, 5.74) is 10.7. The molecule has 0 bridgehead atoms. The van der Waals surface area contributed by atoms with Crippen LogP contribution in [0.2, 0.25) is 0 Å². The van der Waals surface area contributed by atoms with E-state index in [4.69, 9.17) is 5.73 Å². The third-order valence-electron chi connectivity index (χ3n) is 5.28. The van der Waals surface area contributed by atoms with Crippen LogP contribution in [0.4, 0.5) is 21.9 Å². The number of hydrogen-bond donors (Lipinski definition) is 3. The zero-order valence-electron chi connectivity index (χ0n) is 17.4. The number of urea groups is 1. The molecule has 1 aliphatic rings. The normalized spacial score (nSPS) is 12.8. The van der Waals surface area contributed by atoms with Gasteiger partial charge in [0.1, 0.15) is 0 Å². The van der Waals surface area contributed by atoms with Gasteiger partial charge in [0.15, 0.2) is 5.01 Å².